The Morgan fingerprint density at radius 1 is 1.14 bits per heavy atom. The number of hydrogen-bond donors (Lipinski definition) is 0. The summed E-state index contributed by atoms with van der Waals surface area (Å²) in [6.45, 7) is 3.84. The summed E-state index contributed by atoms with van der Waals surface area (Å²) < 4.78 is 5.06. The van der Waals surface area contributed by atoms with Gasteiger partial charge in [-0.1, -0.05) is 24.3 Å². The Kier molecular flexibility index (Phi) is 5.16. The molecule has 1 fully saturated rings. The Balaban J connectivity index is 1.64. The Hall–Kier alpha value is -2.69. The normalized spacial score (nSPS) is 18.3. The van der Waals surface area contributed by atoms with E-state index in [1.807, 2.05) is 4.90 Å². The summed E-state index contributed by atoms with van der Waals surface area (Å²) in [6, 6.07) is 12.2. The third-order valence-electron chi connectivity index (χ3n) is 5.65. The number of esters is 1. The number of aryl methyl sites for hydroxylation is 2. The summed E-state index contributed by atoms with van der Waals surface area (Å²) in [5.41, 5.74) is 3.97. The van der Waals surface area contributed by atoms with E-state index in [1.54, 1.807) is 26.0 Å². The van der Waals surface area contributed by atoms with Crippen LogP contribution in [0.4, 0.5) is 0 Å². The van der Waals surface area contributed by atoms with E-state index in [2.05, 4.69) is 29.2 Å². The highest BCUT2D eigenvalue weighted by Crippen LogP contribution is 2.41. The molecule has 4 rings (SSSR count). The van der Waals surface area contributed by atoms with Gasteiger partial charge in [0.15, 0.2) is 0 Å². The molecule has 5 nitrogen and oxygen atoms in total. The van der Waals surface area contributed by atoms with Gasteiger partial charge in [-0.2, -0.15) is 0 Å². The van der Waals surface area contributed by atoms with Gasteiger partial charge in [0.2, 0.25) is 0 Å². The molecule has 2 aromatic rings. The van der Waals surface area contributed by atoms with Gasteiger partial charge in [-0.25, -0.2) is 9.78 Å². The first-order valence-electron chi connectivity index (χ1n) is 10.2. The number of carbonyl (C=O) groups is 2. The van der Waals surface area contributed by atoms with Crippen molar-refractivity contribution in [1.29, 1.82) is 0 Å². The molecule has 0 saturated heterocycles. The third-order valence-corrected chi connectivity index (χ3v) is 5.65. The molecule has 0 N–H and O–H groups in total. The molecule has 0 aliphatic heterocycles. The second-order valence-corrected chi connectivity index (χ2v) is 7.60. The molecule has 1 aromatic heterocycles. The van der Waals surface area contributed by atoms with Crippen LogP contribution in [0.3, 0.4) is 0 Å². The van der Waals surface area contributed by atoms with Crippen molar-refractivity contribution in [1.82, 2.24) is 9.88 Å². The Labute approximate surface area is 165 Å². The number of hydrogen-bond acceptors (Lipinski definition) is 4. The van der Waals surface area contributed by atoms with E-state index in [1.165, 1.54) is 11.1 Å². The van der Waals surface area contributed by atoms with Gasteiger partial charge in [-0.05, 0) is 69.2 Å². The van der Waals surface area contributed by atoms with E-state index >= 15 is 0 Å². The van der Waals surface area contributed by atoms with Crippen LogP contribution in [0, 0.1) is 6.92 Å². The molecule has 2 aliphatic carbocycles. The van der Waals surface area contributed by atoms with Crippen LogP contribution >= 0.6 is 0 Å². The van der Waals surface area contributed by atoms with Gasteiger partial charge in [0.05, 0.1) is 23.9 Å². The van der Waals surface area contributed by atoms with E-state index in [4.69, 9.17) is 4.74 Å². The van der Waals surface area contributed by atoms with Crippen molar-refractivity contribution in [3.8, 4) is 0 Å². The number of pyridine rings is 1. The van der Waals surface area contributed by atoms with Gasteiger partial charge in [0.25, 0.3) is 5.91 Å². The van der Waals surface area contributed by atoms with Crippen LogP contribution in [0.1, 0.15) is 76.3 Å². The standard InChI is InChI=1S/C23H26N2O3/c1-3-28-23(27)18-13-14-20(24-15(18)2)22(26)25(17-11-12-17)21-10-6-8-16-7-4-5-9-19(16)21/h4-5,7,9,13-14,17,21H,3,6,8,10-12H2,1-2H3. The number of fused-ring (bicyclic) bond motifs is 1. The number of benzene rings is 1. The molecule has 1 heterocycles. The zero-order chi connectivity index (χ0) is 19.7. The minimum absolute atomic E-state index is 0.0392. The lowest BCUT2D eigenvalue weighted by Gasteiger charge is -2.36. The topological polar surface area (TPSA) is 59.5 Å². The number of carbonyl (C=O) groups excluding carboxylic acids is 2. The van der Waals surface area contributed by atoms with Crippen LogP contribution in [-0.4, -0.2) is 34.4 Å². The lowest BCUT2D eigenvalue weighted by Crippen LogP contribution is -2.39. The predicted molar refractivity (Wildman–Crippen MR) is 106 cm³/mol. The van der Waals surface area contributed by atoms with Crippen molar-refractivity contribution < 1.29 is 14.3 Å². The van der Waals surface area contributed by atoms with Crippen LogP contribution in [0.15, 0.2) is 36.4 Å². The average Bonchev–Trinajstić information content (AvgIpc) is 3.53. The van der Waals surface area contributed by atoms with Crippen molar-refractivity contribution in [3.05, 3.63) is 64.5 Å². The smallest absolute Gasteiger partial charge is 0.339 e. The number of ether oxygens (including phenoxy) is 1. The molecule has 5 heteroatoms. The van der Waals surface area contributed by atoms with Gasteiger partial charge in [-0.3, -0.25) is 4.79 Å². The van der Waals surface area contributed by atoms with Crippen LogP contribution in [0.5, 0.6) is 0 Å². The van der Waals surface area contributed by atoms with Gasteiger partial charge in [-0.15, -0.1) is 0 Å². The number of rotatable bonds is 5. The van der Waals surface area contributed by atoms with Crippen molar-refractivity contribution in [2.75, 3.05) is 6.61 Å². The summed E-state index contributed by atoms with van der Waals surface area (Å²) in [5, 5.41) is 0. The molecule has 1 aromatic carbocycles. The number of nitrogens with zero attached hydrogens (tertiary/aromatic N) is 2. The molecule has 1 amide bonds. The second kappa shape index (κ2) is 7.74. The maximum atomic E-state index is 13.4. The summed E-state index contributed by atoms with van der Waals surface area (Å²) in [7, 11) is 0. The first-order valence-corrected chi connectivity index (χ1v) is 10.2. The quantitative estimate of drug-likeness (QED) is 0.730. The zero-order valence-electron chi connectivity index (χ0n) is 16.5. The highest BCUT2D eigenvalue weighted by Gasteiger charge is 2.40. The van der Waals surface area contributed by atoms with Crippen LogP contribution < -0.4 is 0 Å². The monoisotopic (exact) mass is 378 g/mol. The van der Waals surface area contributed by atoms with E-state index in [0.717, 1.165) is 32.1 Å². The summed E-state index contributed by atoms with van der Waals surface area (Å²) in [6.07, 6.45) is 5.24. The summed E-state index contributed by atoms with van der Waals surface area (Å²) >= 11 is 0. The van der Waals surface area contributed by atoms with Crippen molar-refractivity contribution in [2.24, 2.45) is 0 Å². The third kappa shape index (κ3) is 3.53. The summed E-state index contributed by atoms with van der Waals surface area (Å²) in [4.78, 5) is 32.0. The number of amides is 1. The first kappa shape index (κ1) is 18.7. The van der Waals surface area contributed by atoms with E-state index < -0.39 is 5.97 Å². The molecular formula is C23H26N2O3. The van der Waals surface area contributed by atoms with Gasteiger partial charge < -0.3 is 9.64 Å². The zero-order valence-corrected chi connectivity index (χ0v) is 16.5. The fourth-order valence-corrected chi connectivity index (χ4v) is 4.17. The molecule has 0 radical (unpaired) electrons. The fraction of sp³-hybridized carbons (Fsp3) is 0.435. The molecule has 2 aliphatic rings. The molecule has 0 bridgehead atoms. The minimum atomic E-state index is -0.397. The molecule has 146 valence electrons. The second-order valence-electron chi connectivity index (χ2n) is 7.60. The largest absolute Gasteiger partial charge is 0.462 e. The van der Waals surface area contributed by atoms with Crippen LogP contribution in [0.2, 0.25) is 0 Å². The molecule has 1 unspecified atom stereocenters. The first-order chi connectivity index (χ1) is 13.6. The minimum Gasteiger partial charge on any atom is -0.462 e. The maximum Gasteiger partial charge on any atom is 0.339 e. The SMILES string of the molecule is CCOC(=O)c1ccc(C(=O)N(C2CC2)C2CCCc3ccccc32)nc1C. The average molecular weight is 378 g/mol. The van der Waals surface area contributed by atoms with Crippen LogP contribution in [-0.2, 0) is 11.2 Å². The van der Waals surface area contributed by atoms with E-state index in [9.17, 15) is 9.59 Å². The highest BCUT2D eigenvalue weighted by molar-refractivity contribution is 5.95. The van der Waals surface area contributed by atoms with Crippen molar-refractivity contribution in [2.45, 2.75) is 58.0 Å². The molecule has 1 saturated carbocycles. The van der Waals surface area contributed by atoms with E-state index in [-0.39, 0.29) is 18.0 Å². The fourth-order valence-electron chi connectivity index (χ4n) is 4.17. The lowest BCUT2D eigenvalue weighted by molar-refractivity contribution is 0.0522. The Morgan fingerprint density at radius 3 is 2.64 bits per heavy atom. The Morgan fingerprint density at radius 2 is 1.93 bits per heavy atom. The molecule has 0 spiro atoms. The highest BCUT2D eigenvalue weighted by atomic mass is 16.5. The molecule has 28 heavy (non-hydrogen) atoms. The summed E-state index contributed by atoms with van der Waals surface area (Å²) in [5.74, 6) is -0.436. The van der Waals surface area contributed by atoms with Gasteiger partial charge in [0.1, 0.15) is 5.69 Å². The van der Waals surface area contributed by atoms with Gasteiger partial charge >= 0.3 is 5.97 Å². The predicted octanol–water partition coefficient (Wildman–Crippen LogP) is 4.25. The van der Waals surface area contributed by atoms with Gasteiger partial charge in [0, 0.05) is 6.04 Å². The number of aromatic nitrogens is 1. The lowest BCUT2D eigenvalue weighted by atomic mass is 9.86. The van der Waals surface area contributed by atoms with Crippen molar-refractivity contribution >= 4 is 11.9 Å². The molecular weight excluding hydrogens is 352 g/mol. The van der Waals surface area contributed by atoms with Crippen molar-refractivity contribution in [3.63, 3.8) is 0 Å². The molecule has 1 atom stereocenters. The van der Waals surface area contributed by atoms with E-state index in [0.29, 0.717) is 23.6 Å². The van der Waals surface area contributed by atoms with Crippen LogP contribution in [0.25, 0.3) is 0 Å². The maximum absolute atomic E-state index is 13.4. The Bertz CT molecular complexity index is 904.